The van der Waals surface area contributed by atoms with Crippen LogP contribution < -0.4 is 5.73 Å². The molecule has 1 unspecified atom stereocenters. The van der Waals surface area contributed by atoms with E-state index in [1.807, 2.05) is 6.20 Å². The average molecular weight is 379 g/mol. The Morgan fingerprint density at radius 3 is 2.30 bits per heavy atom. The van der Waals surface area contributed by atoms with Crippen LogP contribution in [-0.4, -0.2) is 41.0 Å². The van der Waals surface area contributed by atoms with E-state index >= 15 is 0 Å². The molecular formula is C22H40N3O2+. The van der Waals surface area contributed by atoms with Crippen molar-refractivity contribution >= 4 is 11.8 Å². The number of nitrogens with two attached hydrogens (primary N) is 1. The van der Waals surface area contributed by atoms with Crippen LogP contribution in [-0.2, 0) is 4.79 Å². The van der Waals surface area contributed by atoms with E-state index in [0.717, 1.165) is 18.7 Å². The van der Waals surface area contributed by atoms with Crippen LogP contribution >= 0.6 is 0 Å². The van der Waals surface area contributed by atoms with E-state index < -0.39 is 5.97 Å². The van der Waals surface area contributed by atoms with E-state index in [1.165, 1.54) is 64.2 Å². The maximum absolute atomic E-state index is 11.2. The van der Waals surface area contributed by atoms with E-state index in [4.69, 9.17) is 5.73 Å². The summed E-state index contributed by atoms with van der Waals surface area (Å²) in [4.78, 5) is 15.7. The van der Waals surface area contributed by atoms with Gasteiger partial charge in [0.1, 0.15) is 12.7 Å². The molecule has 3 N–H and O–H groups in total. The van der Waals surface area contributed by atoms with Crippen molar-refractivity contribution in [2.45, 2.75) is 84.0 Å². The Bertz CT molecular complexity index is 500. The number of carbonyl (C=O) groups is 1. The number of nitrogens with zero attached hydrogens (tertiary/aromatic N) is 2. The minimum Gasteiger partial charge on any atom is -0.477 e. The van der Waals surface area contributed by atoms with Gasteiger partial charge < -0.3 is 10.8 Å². The maximum Gasteiger partial charge on any atom is 0.360 e. The largest absolute Gasteiger partial charge is 0.477 e. The van der Waals surface area contributed by atoms with E-state index in [-0.39, 0.29) is 6.54 Å². The Morgan fingerprint density at radius 2 is 1.70 bits per heavy atom. The zero-order valence-corrected chi connectivity index (χ0v) is 17.2. The highest BCUT2D eigenvalue weighted by Gasteiger charge is 2.36. The van der Waals surface area contributed by atoms with Crippen molar-refractivity contribution in [3.8, 4) is 0 Å². The molecule has 5 nitrogen and oxygen atoms in total. The first-order valence-electron chi connectivity index (χ1n) is 10.8. The molecule has 154 valence electrons. The second kappa shape index (κ2) is 14.6. The summed E-state index contributed by atoms with van der Waals surface area (Å²) in [7, 11) is 0. The molecule has 0 aromatic rings. The number of aliphatic imine (C=N–C) groups is 1. The van der Waals surface area contributed by atoms with Crippen LogP contribution in [0.4, 0.5) is 0 Å². The van der Waals surface area contributed by atoms with E-state index in [1.54, 1.807) is 6.20 Å². The lowest BCUT2D eigenvalue weighted by Crippen LogP contribution is -2.52. The second-order valence-corrected chi connectivity index (χ2v) is 7.57. The minimum atomic E-state index is -0.806. The van der Waals surface area contributed by atoms with Crippen LogP contribution in [0.3, 0.4) is 0 Å². The number of hydrogen-bond donors (Lipinski definition) is 2. The summed E-state index contributed by atoms with van der Waals surface area (Å²) < 4.78 is 0.298. The molecule has 1 atom stereocenters. The van der Waals surface area contributed by atoms with Crippen molar-refractivity contribution in [3.63, 3.8) is 0 Å². The fraction of sp³-hybridized carbons (Fsp3) is 0.727. The monoisotopic (exact) mass is 378 g/mol. The maximum atomic E-state index is 11.2. The average Bonchev–Trinajstić information content (AvgIpc) is 3.00. The highest BCUT2D eigenvalue weighted by Crippen LogP contribution is 2.21. The Labute approximate surface area is 165 Å². The molecule has 0 aromatic carbocycles. The smallest absolute Gasteiger partial charge is 0.360 e. The van der Waals surface area contributed by atoms with Crippen molar-refractivity contribution < 1.29 is 14.4 Å². The van der Waals surface area contributed by atoms with Crippen molar-refractivity contribution in [1.29, 1.82) is 0 Å². The molecule has 0 aliphatic carbocycles. The molecule has 1 aliphatic heterocycles. The summed E-state index contributed by atoms with van der Waals surface area (Å²) in [6, 6.07) is 0. The lowest BCUT2D eigenvalue weighted by molar-refractivity contribution is -0.778. The lowest BCUT2D eigenvalue weighted by atomic mass is 10.1. The highest BCUT2D eigenvalue weighted by molar-refractivity contribution is 5.81. The topological polar surface area (TPSA) is 75.7 Å². The van der Waals surface area contributed by atoms with Gasteiger partial charge in [0, 0.05) is 13.0 Å². The van der Waals surface area contributed by atoms with Crippen LogP contribution in [0.1, 0.15) is 84.0 Å². The van der Waals surface area contributed by atoms with Gasteiger partial charge in [-0.05, 0) is 32.1 Å². The number of rotatable bonds is 17. The van der Waals surface area contributed by atoms with Gasteiger partial charge in [-0.3, -0.25) is 0 Å². The number of carboxylic acids is 1. The summed E-state index contributed by atoms with van der Waals surface area (Å²) in [5, 5.41) is 9.22. The molecule has 27 heavy (non-hydrogen) atoms. The van der Waals surface area contributed by atoms with Gasteiger partial charge in [-0.1, -0.05) is 57.6 Å². The number of quaternary nitrogens is 1. The molecule has 0 radical (unpaired) electrons. The summed E-state index contributed by atoms with van der Waals surface area (Å²) in [5.74, 6) is 0.144. The summed E-state index contributed by atoms with van der Waals surface area (Å²) in [6.45, 7) is 3.35. The first-order valence-corrected chi connectivity index (χ1v) is 10.8. The molecule has 0 fully saturated rings. The predicted octanol–water partition coefficient (Wildman–Crippen LogP) is 4.99. The third-order valence-electron chi connectivity index (χ3n) is 5.20. The number of unbranched alkanes of at least 4 members (excludes halogenated alkanes) is 9. The molecule has 0 bridgehead atoms. The van der Waals surface area contributed by atoms with Crippen molar-refractivity contribution in [1.82, 2.24) is 0 Å². The van der Waals surface area contributed by atoms with Gasteiger partial charge in [-0.25, -0.2) is 14.3 Å². The normalized spacial score (nSPS) is 19.1. The summed E-state index contributed by atoms with van der Waals surface area (Å²) in [6.07, 6.45) is 23.0. The molecule has 5 heteroatoms. The van der Waals surface area contributed by atoms with Crippen LogP contribution in [0.15, 0.2) is 29.5 Å². The van der Waals surface area contributed by atoms with Crippen LogP contribution in [0.25, 0.3) is 0 Å². The van der Waals surface area contributed by atoms with Gasteiger partial charge in [0.2, 0.25) is 5.84 Å². The molecule has 0 aromatic heterocycles. The minimum absolute atomic E-state index is 0.0375. The zero-order valence-electron chi connectivity index (χ0n) is 17.2. The van der Waals surface area contributed by atoms with Gasteiger partial charge in [-0.15, -0.1) is 0 Å². The number of hydrogen-bond acceptors (Lipinski definition) is 3. The van der Waals surface area contributed by atoms with E-state index in [9.17, 15) is 9.90 Å². The SMILES string of the molecule is CCCCCCC/C=C/CCCCCCC1=NC=C[N+]1(CCN)CC(=O)O. The molecule has 0 amide bonds. The number of carboxylic acid groups (broad SMARTS) is 1. The van der Waals surface area contributed by atoms with Gasteiger partial charge in [0.25, 0.3) is 0 Å². The molecule has 0 saturated heterocycles. The Balaban J connectivity index is 2.11. The Kier molecular flexibility index (Phi) is 12.7. The Hall–Kier alpha value is -1.46. The predicted molar refractivity (Wildman–Crippen MR) is 113 cm³/mol. The standard InChI is InChI=1S/C22H39N3O2/c1-2-3-4-5-6-7-8-9-10-11-12-13-14-15-21-24-17-19-25(21,18-16-23)20-22(26)27/h8-9,17,19H,2-7,10-16,18,20,23H2,1H3/p+1/b9-8+. The molecule has 1 rings (SSSR count). The molecule has 0 spiro atoms. The zero-order chi connectivity index (χ0) is 19.8. The van der Waals surface area contributed by atoms with Crippen molar-refractivity contribution in [3.05, 3.63) is 24.6 Å². The van der Waals surface area contributed by atoms with E-state index in [0.29, 0.717) is 17.6 Å². The molecular weight excluding hydrogens is 338 g/mol. The first-order chi connectivity index (χ1) is 13.1. The number of amidine groups is 1. The van der Waals surface area contributed by atoms with Gasteiger partial charge in [-0.2, -0.15) is 0 Å². The third-order valence-corrected chi connectivity index (χ3v) is 5.20. The molecule has 0 saturated carbocycles. The number of aliphatic carboxylic acids is 1. The molecule has 1 aliphatic rings. The van der Waals surface area contributed by atoms with Crippen LogP contribution in [0.2, 0.25) is 0 Å². The highest BCUT2D eigenvalue weighted by atomic mass is 16.4. The quantitative estimate of drug-likeness (QED) is 0.213. The van der Waals surface area contributed by atoms with Gasteiger partial charge >= 0.3 is 5.97 Å². The van der Waals surface area contributed by atoms with Crippen molar-refractivity contribution in [2.24, 2.45) is 10.7 Å². The summed E-state index contributed by atoms with van der Waals surface area (Å²) in [5.41, 5.74) is 5.70. The fourth-order valence-corrected chi connectivity index (χ4v) is 3.63. The lowest BCUT2D eigenvalue weighted by Gasteiger charge is -2.30. The third kappa shape index (κ3) is 9.87. The second-order valence-electron chi connectivity index (χ2n) is 7.57. The van der Waals surface area contributed by atoms with Gasteiger partial charge in [0.15, 0.2) is 6.54 Å². The van der Waals surface area contributed by atoms with Gasteiger partial charge in [0.05, 0.1) is 6.20 Å². The van der Waals surface area contributed by atoms with Crippen molar-refractivity contribution in [2.75, 3.05) is 19.6 Å². The van der Waals surface area contributed by atoms with E-state index in [2.05, 4.69) is 24.1 Å². The Morgan fingerprint density at radius 1 is 1.07 bits per heavy atom. The first kappa shape index (κ1) is 23.6. The molecule has 1 heterocycles. The van der Waals surface area contributed by atoms with Crippen LogP contribution in [0.5, 0.6) is 0 Å². The number of allylic oxidation sites excluding steroid dienone is 2. The summed E-state index contributed by atoms with van der Waals surface area (Å²) >= 11 is 0. The van der Waals surface area contributed by atoms with Crippen LogP contribution in [0, 0.1) is 0 Å². The fourth-order valence-electron chi connectivity index (χ4n) is 3.63.